The van der Waals surface area contributed by atoms with Crippen molar-refractivity contribution in [3.63, 3.8) is 0 Å². The summed E-state index contributed by atoms with van der Waals surface area (Å²) in [5, 5.41) is 8.82. The molecule has 0 radical (unpaired) electrons. The van der Waals surface area contributed by atoms with Crippen molar-refractivity contribution in [1.82, 2.24) is 0 Å². The highest BCUT2D eigenvalue weighted by molar-refractivity contribution is 9.10. The first-order chi connectivity index (χ1) is 10.5. The van der Waals surface area contributed by atoms with Crippen LogP contribution in [0.3, 0.4) is 0 Å². The molecule has 116 valence electrons. The van der Waals surface area contributed by atoms with Gasteiger partial charge >= 0.3 is 5.97 Å². The van der Waals surface area contributed by atoms with E-state index >= 15 is 0 Å². The van der Waals surface area contributed by atoms with Crippen LogP contribution in [0.1, 0.15) is 21.5 Å². The third-order valence-electron chi connectivity index (χ3n) is 3.12. The van der Waals surface area contributed by atoms with E-state index in [0.29, 0.717) is 19.0 Å². The number of aromatic carboxylic acids is 1. The van der Waals surface area contributed by atoms with Crippen LogP contribution in [-0.4, -0.2) is 24.3 Å². The van der Waals surface area contributed by atoms with E-state index in [1.54, 1.807) is 12.1 Å². The number of hydrogen-bond donors (Lipinski definition) is 1. The van der Waals surface area contributed by atoms with E-state index in [9.17, 15) is 4.79 Å². The van der Waals surface area contributed by atoms with Gasteiger partial charge in [0.15, 0.2) is 0 Å². The minimum absolute atomic E-state index is 0.240. The monoisotopic (exact) mass is 364 g/mol. The predicted octanol–water partition coefficient (Wildman–Crippen LogP) is 4.22. The van der Waals surface area contributed by atoms with E-state index in [0.717, 1.165) is 21.3 Å². The maximum atomic E-state index is 10.8. The second kappa shape index (κ2) is 7.31. The summed E-state index contributed by atoms with van der Waals surface area (Å²) in [7, 11) is 0. The Kier molecular flexibility index (Phi) is 5.44. The topological polar surface area (TPSA) is 55.8 Å². The van der Waals surface area contributed by atoms with E-state index < -0.39 is 5.97 Å². The minimum Gasteiger partial charge on any atom is -0.490 e. The summed E-state index contributed by atoms with van der Waals surface area (Å²) >= 11 is 3.45. The van der Waals surface area contributed by atoms with Gasteiger partial charge in [0.05, 0.1) is 5.56 Å². The molecule has 0 saturated carbocycles. The lowest BCUT2D eigenvalue weighted by Gasteiger charge is -2.13. The first kappa shape index (κ1) is 16.4. The van der Waals surface area contributed by atoms with Gasteiger partial charge in [-0.2, -0.15) is 0 Å². The summed E-state index contributed by atoms with van der Waals surface area (Å²) in [6.07, 6.45) is 0. The van der Waals surface area contributed by atoms with Crippen LogP contribution in [0.15, 0.2) is 40.9 Å². The van der Waals surface area contributed by atoms with Gasteiger partial charge < -0.3 is 14.6 Å². The summed E-state index contributed by atoms with van der Waals surface area (Å²) in [4.78, 5) is 10.8. The molecule has 0 heterocycles. The molecule has 0 atom stereocenters. The Morgan fingerprint density at radius 2 is 1.59 bits per heavy atom. The molecule has 22 heavy (non-hydrogen) atoms. The summed E-state index contributed by atoms with van der Waals surface area (Å²) in [5.74, 6) is 0.543. The quantitative estimate of drug-likeness (QED) is 0.779. The molecule has 0 aromatic heterocycles. The number of halogens is 1. The van der Waals surface area contributed by atoms with Gasteiger partial charge in [0.1, 0.15) is 24.7 Å². The Balaban J connectivity index is 1.86. The van der Waals surface area contributed by atoms with E-state index in [4.69, 9.17) is 14.6 Å². The smallest absolute Gasteiger partial charge is 0.335 e. The molecule has 0 aliphatic rings. The summed E-state index contributed by atoms with van der Waals surface area (Å²) in [6.45, 7) is 4.81. The summed E-state index contributed by atoms with van der Waals surface area (Å²) in [5.41, 5.74) is 2.38. The van der Waals surface area contributed by atoms with Gasteiger partial charge in [0, 0.05) is 4.47 Å². The highest BCUT2D eigenvalue weighted by atomic mass is 79.9. The number of aryl methyl sites for hydroxylation is 2. The predicted molar refractivity (Wildman–Crippen MR) is 88.0 cm³/mol. The molecule has 0 saturated heterocycles. The van der Waals surface area contributed by atoms with E-state index in [1.807, 2.05) is 26.0 Å². The Morgan fingerprint density at radius 3 is 2.14 bits per heavy atom. The Hall–Kier alpha value is -2.01. The zero-order chi connectivity index (χ0) is 16.1. The molecule has 2 aromatic carbocycles. The second-order valence-corrected chi connectivity index (χ2v) is 5.81. The lowest BCUT2D eigenvalue weighted by molar-refractivity contribution is 0.0697. The number of ether oxygens (including phenoxy) is 2. The molecule has 0 aliphatic carbocycles. The van der Waals surface area contributed by atoms with Crippen LogP contribution >= 0.6 is 15.9 Å². The molecule has 0 spiro atoms. The first-order valence-corrected chi connectivity index (χ1v) is 7.62. The molecule has 0 fully saturated rings. The van der Waals surface area contributed by atoms with E-state index in [-0.39, 0.29) is 5.56 Å². The molecule has 4 nitrogen and oxygen atoms in total. The number of benzene rings is 2. The van der Waals surface area contributed by atoms with Gasteiger partial charge in [0.2, 0.25) is 0 Å². The van der Waals surface area contributed by atoms with Crippen LogP contribution in [0, 0.1) is 13.8 Å². The maximum absolute atomic E-state index is 10.8. The lowest BCUT2D eigenvalue weighted by Crippen LogP contribution is -2.10. The number of carboxylic acid groups (broad SMARTS) is 1. The number of hydrogen-bond acceptors (Lipinski definition) is 3. The van der Waals surface area contributed by atoms with Gasteiger partial charge in [0.25, 0.3) is 0 Å². The van der Waals surface area contributed by atoms with Crippen molar-refractivity contribution in [2.24, 2.45) is 0 Å². The number of rotatable bonds is 6. The van der Waals surface area contributed by atoms with Crippen molar-refractivity contribution in [2.45, 2.75) is 13.8 Å². The zero-order valence-electron chi connectivity index (χ0n) is 12.4. The molecule has 1 N–H and O–H groups in total. The summed E-state index contributed by atoms with van der Waals surface area (Å²) in [6, 6.07) is 10.3. The van der Waals surface area contributed by atoms with Crippen molar-refractivity contribution >= 4 is 21.9 Å². The molecular weight excluding hydrogens is 348 g/mol. The van der Waals surface area contributed by atoms with Crippen LogP contribution in [-0.2, 0) is 0 Å². The fourth-order valence-electron chi connectivity index (χ4n) is 2.12. The molecule has 2 rings (SSSR count). The van der Waals surface area contributed by atoms with Crippen molar-refractivity contribution in [3.8, 4) is 11.5 Å². The van der Waals surface area contributed by atoms with Crippen molar-refractivity contribution < 1.29 is 19.4 Å². The van der Waals surface area contributed by atoms with E-state index in [2.05, 4.69) is 15.9 Å². The zero-order valence-corrected chi connectivity index (χ0v) is 14.0. The van der Waals surface area contributed by atoms with Crippen molar-refractivity contribution in [3.05, 3.63) is 57.6 Å². The molecule has 0 unspecified atom stereocenters. The van der Waals surface area contributed by atoms with Crippen molar-refractivity contribution in [2.75, 3.05) is 13.2 Å². The van der Waals surface area contributed by atoms with Gasteiger partial charge in [-0.05, 0) is 61.4 Å². The maximum Gasteiger partial charge on any atom is 0.335 e. The fraction of sp³-hybridized carbons (Fsp3) is 0.235. The van der Waals surface area contributed by atoms with Crippen LogP contribution in [0.4, 0.5) is 0 Å². The largest absolute Gasteiger partial charge is 0.490 e. The molecule has 0 aliphatic heterocycles. The number of carbonyl (C=O) groups is 1. The van der Waals surface area contributed by atoms with Crippen LogP contribution < -0.4 is 9.47 Å². The van der Waals surface area contributed by atoms with Gasteiger partial charge in [-0.15, -0.1) is 0 Å². The first-order valence-electron chi connectivity index (χ1n) is 6.83. The standard InChI is InChI=1S/C17H17BrO4/c1-11-9-14(18)10-12(2)16(11)22-8-7-21-15-5-3-13(4-6-15)17(19)20/h3-6,9-10H,7-8H2,1-2H3,(H,19,20). The van der Waals surface area contributed by atoms with Crippen LogP contribution in [0.5, 0.6) is 11.5 Å². The normalized spacial score (nSPS) is 10.3. The molecule has 2 aromatic rings. The molecule has 0 bridgehead atoms. The van der Waals surface area contributed by atoms with Gasteiger partial charge in [-0.3, -0.25) is 0 Å². The Labute approximate surface area is 137 Å². The lowest BCUT2D eigenvalue weighted by atomic mass is 10.1. The van der Waals surface area contributed by atoms with Crippen LogP contribution in [0.2, 0.25) is 0 Å². The highest BCUT2D eigenvalue weighted by Crippen LogP contribution is 2.27. The second-order valence-electron chi connectivity index (χ2n) is 4.90. The minimum atomic E-state index is -0.948. The Bertz CT molecular complexity index is 642. The average Bonchev–Trinajstić information content (AvgIpc) is 2.46. The highest BCUT2D eigenvalue weighted by Gasteiger charge is 2.06. The van der Waals surface area contributed by atoms with Crippen LogP contribution in [0.25, 0.3) is 0 Å². The molecule has 0 amide bonds. The summed E-state index contributed by atoms with van der Waals surface area (Å²) < 4.78 is 12.3. The molecular formula is C17H17BrO4. The van der Waals surface area contributed by atoms with Gasteiger partial charge in [-0.25, -0.2) is 4.79 Å². The van der Waals surface area contributed by atoms with Gasteiger partial charge in [-0.1, -0.05) is 15.9 Å². The average molecular weight is 365 g/mol. The molecule has 5 heteroatoms. The van der Waals surface area contributed by atoms with Crippen molar-refractivity contribution in [1.29, 1.82) is 0 Å². The third kappa shape index (κ3) is 4.24. The fourth-order valence-corrected chi connectivity index (χ4v) is 2.81. The Morgan fingerprint density at radius 1 is 1.05 bits per heavy atom. The third-order valence-corrected chi connectivity index (χ3v) is 3.58. The SMILES string of the molecule is Cc1cc(Br)cc(C)c1OCCOc1ccc(C(=O)O)cc1. The number of carboxylic acids is 1. The van der Waals surface area contributed by atoms with E-state index in [1.165, 1.54) is 12.1 Å².